The van der Waals surface area contributed by atoms with Gasteiger partial charge in [-0.25, -0.2) is 0 Å². The summed E-state index contributed by atoms with van der Waals surface area (Å²) in [6.45, 7) is 9.51. The molecule has 0 aromatic heterocycles. The van der Waals surface area contributed by atoms with E-state index < -0.39 is 0 Å². The van der Waals surface area contributed by atoms with Crippen molar-refractivity contribution >= 4 is 35.8 Å². The van der Waals surface area contributed by atoms with Crippen molar-refractivity contribution in [2.75, 3.05) is 32.8 Å². The van der Waals surface area contributed by atoms with E-state index in [0.29, 0.717) is 13.0 Å². The van der Waals surface area contributed by atoms with Crippen LogP contribution < -0.4 is 10.6 Å². The monoisotopic (exact) mass is 502 g/mol. The summed E-state index contributed by atoms with van der Waals surface area (Å²) < 4.78 is 5.34. The molecule has 6 nitrogen and oxygen atoms in total. The molecular weight excluding hydrogens is 467 g/mol. The molecule has 7 heteroatoms. The lowest BCUT2D eigenvalue weighted by molar-refractivity contribution is -0.131. The molecule has 1 aliphatic heterocycles. The maximum atomic E-state index is 12.4. The van der Waals surface area contributed by atoms with Crippen LogP contribution in [0.4, 0.5) is 0 Å². The summed E-state index contributed by atoms with van der Waals surface area (Å²) in [5.74, 6) is 1.05. The van der Waals surface area contributed by atoms with Gasteiger partial charge in [-0.3, -0.25) is 9.79 Å². The van der Waals surface area contributed by atoms with E-state index in [9.17, 15) is 4.79 Å². The molecule has 0 radical (unpaired) electrons. The molecule has 0 bridgehead atoms. The third-order valence-electron chi connectivity index (χ3n) is 4.57. The Morgan fingerprint density at radius 1 is 1.11 bits per heavy atom. The first-order valence-electron chi connectivity index (χ1n) is 10.2. The molecule has 0 fully saturated rings. The molecule has 1 heterocycles. The van der Waals surface area contributed by atoms with E-state index in [1.807, 2.05) is 24.0 Å². The van der Waals surface area contributed by atoms with Crippen molar-refractivity contribution in [1.82, 2.24) is 15.5 Å². The van der Waals surface area contributed by atoms with E-state index in [1.54, 1.807) is 0 Å². The number of hydrogen-bond acceptors (Lipinski definition) is 3. The molecule has 0 saturated heterocycles. The molecule has 0 unspecified atom stereocenters. The number of unbranched alkanes of at least 4 members (excludes halogenated alkanes) is 1. The Labute approximate surface area is 186 Å². The summed E-state index contributed by atoms with van der Waals surface area (Å²) in [4.78, 5) is 18.9. The van der Waals surface area contributed by atoms with E-state index in [-0.39, 0.29) is 29.9 Å². The number of nitrogens with zero attached hydrogens (tertiary/aromatic N) is 2. The summed E-state index contributed by atoms with van der Waals surface area (Å²) in [7, 11) is 0. The first-order chi connectivity index (χ1) is 13.2. The zero-order chi connectivity index (χ0) is 19.3. The van der Waals surface area contributed by atoms with Gasteiger partial charge in [0.05, 0.1) is 0 Å². The van der Waals surface area contributed by atoms with Crippen molar-refractivity contribution < 1.29 is 9.53 Å². The zero-order valence-electron chi connectivity index (χ0n) is 17.2. The quantitative estimate of drug-likeness (QED) is 0.211. The predicted octanol–water partition coefficient (Wildman–Crippen LogP) is 3.30. The number of guanidine groups is 1. The van der Waals surface area contributed by atoms with Crippen LogP contribution in [-0.2, 0) is 22.6 Å². The van der Waals surface area contributed by atoms with Gasteiger partial charge < -0.3 is 20.3 Å². The van der Waals surface area contributed by atoms with Crippen molar-refractivity contribution in [2.45, 2.75) is 52.6 Å². The number of rotatable bonds is 11. The minimum Gasteiger partial charge on any atom is -0.382 e. The SMILES string of the molecule is CCNC(=NCCCC(=O)N1Cc2ccccc2C1)NCCCCOCC.I. The van der Waals surface area contributed by atoms with Gasteiger partial charge in [-0.15, -0.1) is 24.0 Å². The van der Waals surface area contributed by atoms with E-state index in [4.69, 9.17) is 4.74 Å². The molecule has 1 aromatic carbocycles. The number of fused-ring (bicyclic) bond motifs is 1. The second kappa shape index (κ2) is 14.6. The summed E-state index contributed by atoms with van der Waals surface area (Å²) in [6.07, 6.45) is 3.42. The van der Waals surface area contributed by atoms with E-state index in [2.05, 4.69) is 34.7 Å². The predicted molar refractivity (Wildman–Crippen MR) is 125 cm³/mol. The van der Waals surface area contributed by atoms with Crippen LogP contribution in [0.15, 0.2) is 29.3 Å². The standard InChI is InChI=1S/C21H34N4O2.HI/c1-3-22-21(23-13-7-8-15-27-4-2)24-14-9-12-20(26)25-16-18-10-5-6-11-19(18)17-25;/h5-6,10-11H,3-4,7-9,12-17H2,1-2H3,(H2,22,23,24);1H. The lowest BCUT2D eigenvalue weighted by Gasteiger charge is -2.15. The minimum absolute atomic E-state index is 0. The Hall–Kier alpha value is -1.35. The molecular formula is C21H35IN4O2. The van der Waals surface area contributed by atoms with E-state index >= 15 is 0 Å². The molecule has 1 aromatic rings. The van der Waals surface area contributed by atoms with Crippen molar-refractivity contribution in [2.24, 2.45) is 4.99 Å². The van der Waals surface area contributed by atoms with Crippen LogP contribution >= 0.6 is 24.0 Å². The van der Waals surface area contributed by atoms with E-state index in [0.717, 1.165) is 64.6 Å². The van der Waals surface area contributed by atoms with Gasteiger partial charge in [0.15, 0.2) is 5.96 Å². The van der Waals surface area contributed by atoms with E-state index in [1.165, 1.54) is 11.1 Å². The Morgan fingerprint density at radius 2 is 1.82 bits per heavy atom. The second-order valence-corrected chi connectivity index (χ2v) is 6.71. The number of amides is 1. The number of aliphatic imine (C=N–C) groups is 1. The topological polar surface area (TPSA) is 66.0 Å². The summed E-state index contributed by atoms with van der Waals surface area (Å²) in [6, 6.07) is 8.28. The van der Waals surface area contributed by atoms with Gasteiger partial charge in [0, 0.05) is 52.4 Å². The molecule has 0 spiro atoms. The molecule has 1 aliphatic rings. The molecule has 158 valence electrons. The first kappa shape index (κ1) is 24.7. The highest BCUT2D eigenvalue weighted by atomic mass is 127. The fraction of sp³-hybridized carbons (Fsp3) is 0.619. The third kappa shape index (κ3) is 8.77. The molecule has 0 aliphatic carbocycles. The van der Waals surface area contributed by atoms with Crippen molar-refractivity contribution in [3.05, 3.63) is 35.4 Å². The fourth-order valence-electron chi connectivity index (χ4n) is 3.11. The summed E-state index contributed by atoms with van der Waals surface area (Å²) >= 11 is 0. The van der Waals surface area contributed by atoms with Crippen LogP contribution in [0.1, 0.15) is 50.7 Å². The Kier molecular flexibility index (Phi) is 12.9. The van der Waals surface area contributed by atoms with Crippen LogP contribution in [-0.4, -0.2) is 49.6 Å². The number of carbonyl (C=O) groups excluding carboxylic acids is 1. The maximum absolute atomic E-state index is 12.4. The van der Waals surface area contributed by atoms with Gasteiger partial charge in [0.2, 0.25) is 5.91 Å². The molecule has 0 saturated carbocycles. The van der Waals surface area contributed by atoms with Gasteiger partial charge in [-0.2, -0.15) is 0 Å². The number of halogens is 1. The highest BCUT2D eigenvalue weighted by Crippen LogP contribution is 2.22. The number of hydrogen-bond donors (Lipinski definition) is 2. The summed E-state index contributed by atoms with van der Waals surface area (Å²) in [5, 5.41) is 6.59. The van der Waals surface area contributed by atoms with Gasteiger partial charge in [-0.05, 0) is 44.2 Å². The zero-order valence-corrected chi connectivity index (χ0v) is 19.5. The average Bonchev–Trinajstić information content (AvgIpc) is 3.12. The van der Waals surface area contributed by atoms with Crippen LogP contribution in [0.25, 0.3) is 0 Å². The number of carbonyl (C=O) groups is 1. The van der Waals surface area contributed by atoms with Crippen LogP contribution in [0.3, 0.4) is 0 Å². The van der Waals surface area contributed by atoms with Crippen molar-refractivity contribution in [1.29, 1.82) is 0 Å². The smallest absolute Gasteiger partial charge is 0.223 e. The summed E-state index contributed by atoms with van der Waals surface area (Å²) in [5.41, 5.74) is 2.54. The van der Waals surface area contributed by atoms with Crippen molar-refractivity contribution in [3.8, 4) is 0 Å². The highest BCUT2D eigenvalue weighted by molar-refractivity contribution is 14.0. The number of nitrogens with one attached hydrogen (secondary N) is 2. The first-order valence-corrected chi connectivity index (χ1v) is 10.2. The maximum Gasteiger partial charge on any atom is 0.223 e. The largest absolute Gasteiger partial charge is 0.382 e. The molecule has 0 atom stereocenters. The third-order valence-corrected chi connectivity index (χ3v) is 4.57. The average molecular weight is 502 g/mol. The minimum atomic E-state index is 0. The van der Waals surface area contributed by atoms with Gasteiger partial charge in [-0.1, -0.05) is 24.3 Å². The Balaban J connectivity index is 0.00000392. The Bertz CT molecular complexity index is 585. The lowest BCUT2D eigenvalue weighted by Crippen LogP contribution is -2.38. The van der Waals surface area contributed by atoms with Gasteiger partial charge in [0.25, 0.3) is 0 Å². The number of ether oxygens (including phenoxy) is 1. The molecule has 2 N–H and O–H groups in total. The normalized spacial score (nSPS) is 13.1. The van der Waals surface area contributed by atoms with Gasteiger partial charge >= 0.3 is 0 Å². The lowest BCUT2D eigenvalue weighted by atomic mass is 10.1. The fourth-order valence-corrected chi connectivity index (χ4v) is 3.11. The number of benzene rings is 1. The van der Waals surface area contributed by atoms with Crippen LogP contribution in [0.2, 0.25) is 0 Å². The highest BCUT2D eigenvalue weighted by Gasteiger charge is 2.22. The van der Waals surface area contributed by atoms with Crippen molar-refractivity contribution in [3.63, 3.8) is 0 Å². The second-order valence-electron chi connectivity index (χ2n) is 6.71. The Morgan fingerprint density at radius 3 is 2.46 bits per heavy atom. The van der Waals surface area contributed by atoms with Gasteiger partial charge in [0.1, 0.15) is 0 Å². The molecule has 1 amide bonds. The van der Waals surface area contributed by atoms with Crippen LogP contribution in [0, 0.1) is 0 Å². The molecule has 2 rings (SSSR count). The van der Waals surface area contributed by atoms with Crippen LogP contribution in [0.5, 0.6) is 0 Å². The molecule has 28 heavy (non-hydrogen) atoms.